The molecule has 2 aromatic carbocycles. The number of hydrogen-bond donors (Lipinski definition) is 1. The summed E-state index contributed by atoms with van der Waals surface area (Å²) in [6.45, 7) is 0.508. The van der Waals surface area contributed by atoms with Gasteiger partial charge in [0.25, 0.3) is 5.91 Å². The number of fused-ring (bicyclic) bond motifs is 1. The van der Waals surface area contributed by atoms with E-state index < -0.39 is 0 Å². The summed E-state index contributed by atoms with van der Waals surface area (Å²) in [5.74, 6) is 1.80. The number of nitrogens with one attached hydrogen (secondary N) is 1. The van der Waals surface area contributed by atoms with Gasteiger partial charge < -0.3 is 19.5 Å². The molecule has 0 saturated carbocycles. The van der Waals surface area contributed by atoms with E-state index in [0.29, 0.717) is 22.9 Å². The van der Waals surface area contributed by atoms with Gasteiger partial charge in [-0.05, 0) is 24.3 Å². The van der Waals surface area contributed by atoms with E-state index in [1.807, 2.05) is 36.4 Å². The molecule has 0 spiro atoms. The molecule has 0 bridgehead atoms. The number of carbonyl (C=O) groups excluding carboxylic acids is 1. The Balaban J connectivity index is 1.37. The van der Waals surface area contributed by atoms with Crippen LogP contribution in [0.15, 0.2) is 53.9 Å². The van der Waals surface area contributed by atoms with Gasteiger partial charge in [-0.25, -0.2) is 4.98 Å². The average molecular weight is 354 g/mol. The lowest BCUT2D eigenvalue weighted by molar-refractivity contribution is 0.102. The second kappa shape index (κ2) is 6.82. The monoisotopic (exact) mass is 354 g/mol. The number of aromatic nitrogens is 1. The second-order valence-electron chi connectivity index (χ2n) is 5.25. The van der Waals surface area contributed by atoms with E-state index in [9.17, 15) is 4.79 Å². The largest absolute Gasteiger partial charge is 0.486 e. The molecule has 1 aromatic heterocycles. The summed E-state index contributed by atoms with van der Waals surface area (Å²) in [6, 6.07) is 14.7. The molecule has 0 radical (unpaired) electrons. The number of para-hydroxylation sites is 1. The van der Waals surface area contributed by atoms with E-state index in [-0.39, 0.29) is 19.3 Å². The van der Waals surface area contributed by atoms with Crippen molar-refractivity contribution in [3.05, 3.63) is 64.6 Å². The molecule has 0 aliphatic carbocycles. The molecule has 0 fully saturated rings. The predicted octanol–water partition coefficient (Wildman–Crippen LogP) is 3.70. The van der Waals surface area contributed by atoms with Crippen LogP contribution in [-0.4, -0.2) is 17.7 Å². The van der Waals surface area contributed by atoms with Crippen molar-refractivity contribution in [2.75, 3.05) is 12.1 Å². The summed E-state index contributed by atoms with van der Waals surface area (Å²) in [6.07, 6.45) is 0. The molecule has 25 heavy (non-hydrogen) atoms. The van der Waals surface area contributed by atoms with E-state index in [1.54, 1.807) is 17.5 Å². The number of nitrogens with zero attached hydrogens (tertiary/aromatic N) is 1. The third kappa shape index (κ3) is 3.56. The Morgan fingerprint density at radius 1 is 1.16 bits per heavy atom. The van der Waals surface area contributed by atoms with Crippen LogP contribution in [-0.2, 0) is 6.61 Å². The molecule has 7 heteroatoms. The molecule has 126 valence electrons. The minimum atomic E-state index is -0.239. The van der Waals surface area contributed by atoms with Crippen LogP contribution >= 0.6 is 11.3 Å². The van der Waals surface area contributed by atoms with Crippen LogP contribution in [0, 0.1) is 0 Å². The van der Waals surface area contributed by atoms with Gasteiger partial charge >= 0.3 is 0 Å². The molecule has 1 N–H and O–H groups in total. The maximum atomic E-state index is 12.2. The first-order valence-electron chi connectivity index (χ1n) is 7.61. The highest BCUT2D eigenvalue weighted by atomic mass is 32.1. The third-order valence-electron chi connectivity index (χ3n) is 3.52. The Labute approximate surface area is 148 Å². The Kier molecular flexibility index (Phi) is 4.22. The van der Waals surface area contributed by atoms with Crippen LogP contribution < -0.4 is 19.5 Å². The molecule has 1 aliphatic heterocycles. The SMILES string of the molecule is O=C(Nc1ccccc1)c1csc(COc2ccc3c(c2)OCO3)n1. The molecule has 0 saturated heterocycles. The minimum absolute atomic E-state index is 0.227. The fourth-order valence-corrected chi connectivity index (χ4v) is 3.00. The number of ether oxygens (including phenoxy) is 3. The zero-order chi connectivity index (χ0) is 17.1. The fraction of sp³-hybridized carbons (Fsp3) is 0.111. The van der Waals surface area contributed by atoms with Gasteiger partial charge in [-0.2, -0.15) is 0 Å². The summed E-state index contributed by atoms with van der Waals surface area (Å²) in [5.41, 5.74) is 1.11. The number of anilines is 1. The highest BCUT2D eigenvalue weighted by molar-refractivity contribution is 7.09. The molecular weight excluding hydrogens is 340 g/mol. The first-order valence-corrected chi connectivity index (χ1v) is 8.49. The van der Waals surface area contributed by atoms with Gasteiger partial charge in [-0.1, -0.05) is 18.2 Å². The van der Waals surface area contributed by atoms with Crippen molar-refractivity contribution >= 4 is 22.9 Å². The highest BCUT2D eigenvalue weighted by Gasteiger charge is 2.15. The van der Waals surface area contributed by atoms with Crippen molar-refractivity contribution in [2.24, 2.45) is 0 Å². The molecule has 2 heterocycles. The Hall–Kier alpha value is -3.06. The van der Waals surface area contributed by atoms with Crippen molar-refractivity contribution in [2.45, 2.75) is 6.61 Å². The number of carbonyl (C=O) groups is 1. The lowest BCUT2D eigenvalue weighted by Crippen LogP contribution is -2.12. The van der Waals surface area contributed by atoms with Gasteiger partial charge in [-0.3, -0.25) is 4.79 Å². The standard InChI is InChI=1S/C18H14N2O4S/c21-18(19-12-4-2-1-3-5-12)14-10-25-17(20-14)9-22-13-6-7-15-16(8-13)24-11-23-15/h1-8,10H,9,11H2,(H,19,21). The van der Waals surface area contributed by atoms with Crippen LogP contribution in [0.2, 0.25) is 0 Å². The summed E-state index contributed by atoms with van der Waals surface area (Å²) in [7, 11) is 0. The Morgan fingerprint density at radius 2 is 2.00 bits per heavy atom. The van der Waals surface area contributed by atoms with Gasteiger partial charge in [-0.15, -0.1) is 11.3 Å². The van der Waals surface area contributed by atoms with E-state index in [1.165, 1.54) is 11.3 Å². The first-order chi connectivity index (χ1) is 12.3. The van der Waals surface area contributed by atoms with E-state index in [0.717, 1.165) is 10.7 Å². The van der Waals surface area contributed by atoms with Crippen LogP contribution in [0.25, 0.3) is 0 Å². The van der Waals surface area contributed by atoms with Crippen LogP contribution in [0.1, 0.15) is 15.5 Å². The number of rotatable bonds is 5. The lowest BCUT2D eigenvalue weighted by Gasteiger charge is -2.05. The highest BCUT2D eigenvalue weighted by Crippen LogP contribution is 2.35. The first kappa shape index (κ1) is 15.5. The maximum absolute atomic E-state index is 12.2. The third-order valence-corrected chi connectivity index (χ3v) is 4.34. The number of hydrogen-bond acceptors (Lipinski definition) is 6. The van der Waals surface area contributed by atoms with Gasteiger partial charge in [0.1, 0.15) is 23.1 Å². The van der Waals surface area contributed by atoms with E-state index in [4.69, 9.17) is 14.2 Å². The molecule has 0 unspecified atom stereocenters. The van der Waals surface area contributed by atoms with Crippen molar-refractivity contribution in [1.82, 2.24) is 4.98 Å². The van der Waals surface area contributed by atoms with Crippen molar-refractivity contribution in [3.63, 3.8) is 0 Å². The molecule has 3 aromatic rings. The summed E-state index contributed by atoms with van der Waals surface area (Å²) in [5, 5.41) is 5.24. The lowest BCUT2D eigenvalue weighted by atomic mass is 10.3. The second-order valence-corrected chi connectivity index (χ2v) is 6.19. The smallest absolute Gasteiger partial charge is 0.275 e. The number of benzene rings is 2. The zero-order valence-electron chi connectivity index (χ0n) is 13.1. The number of amides is 1. The predicted molar refractivity (Wildman–Crippen MR) is 93.4 cm³/mol. The van der Waals surface area contributed by atoms with E-state index >= 15 is 0 Å². The van der Waals surface area contributed by atoms with Gasteiger partial charge in [0.15, 0.2) is 11.5 Å². The van der Waals surface area contributed by atoms with Crippen LogP contribution in [0.5, 0.6) is 17.2 Å². The molecule has 0 atom stereocenters. The summed E-state index contributed by atoms with van der Waals surface area (Å²) in [4.78, 5) is 16.5. The van der Waals surface area contributed by atoms with E-state index in [2.05, 4.69) is 10.3 Å². The molecule has 1 aliphatic rings. The zero-order valence-corrected chi connectivity index (χ0v) is 13.9. The summed E-state index contributed by atoms with van der Waals surface area (Å²) < 4.78 is 16.3. The van der Waals surface area contributed by atoms with Crippen molar-refractivity contribution in [1.29, 1.82) is 0 Å². The minimum Gasteiger partial charge on any atom is -0.486 e. The normalized spacial score (nSPS) is 12.0. The molecule has 6 nitrogen and oxygen atoms in total. The van der Waals surface area contributed by atoms with Crippen LogP contribution in [0.4, 0.5) is 5.69 Å². The quantitative estimate of drug-likeness (QED) is 0.756. The van der Waals surface area contributed by atoms with Crippen molar-refractivity contribution < 1.29 is 19.0 Å². The van der Waals surface area contributed by atoms with Gasteiger partial charge in [0.2, 0.25) is 6.79 Å². The van der Waals surface area contributed by atoms with Gasteiger partial charge in [0, 0.05) is 17.1 Å². The number of thiazole rings is 1. The molecule has 1 amide bonds. The Morgan fingerprint density at radius 3 is 2.88 bits per heavy atom. The maximum Gasteiger partial charge on any atom is 0.275 e. The Bertz CT molecular complexity index is 895. The summed E-state index contributed by atoms with van der Waals surface area (Å²) >= 11 is 1.38. The fourth-order valence-electron chi connectivity index (χ4n) is 2.31. The van der Waals surface area contributed by atoms with Crippen LogP contribution in [0.3, 0.4) is 0 Å². The van der Waals surface area contributed by atoms with Gasteiger partial charge in [0.05, 0.1) is 0 Å². The average Bonchev–Trinajstić information content (AvgIpc) is 3.29. The molecule has 4 rings (SSSR count). The topological polar surface area (TPSA) is 69.7 Å². The van der Waals surface area contributed by atoms with Crippen molar-refractivity contribution in [3.8, 4) is 17.2 Å². The molecular formula is C18H14N2O4S.